The zero-order valence-corrected chi connectivity index (χ0v) is 13.9. The molecule has 0 radical (unpaired) electrons. The van der Waals surface area contributed by atoms with E-state index in [1.807, 2.05) is 0 Å². The molecule has 0 bridgehead atoms. The molecule has 2 aromatic carbocycles. The number of H-pyrrole nitrogens is 1. The number of nitrogen functional groups attached to an aromatic ring is 1. The average molecular weight is 367 g/mol. The van der Waals surface area contributed by atoms with E-state index in [2.05, 4.69) is 15.6 Å². The number of para-hydroxylation sites is 2. The molecule has 10 nitrogen and oxygen atoms in total. The van der Waals surface area contributed by atoms with Crippen molar-refractivity contribution in [3.05, 3.63) is 80.9 Å². The number of nitrogens with zero attached hydrogens (tertiary/aromatic N) is 2. The Labute approximate surface area is 153 Å². The topological polar surface area (TPSA) is 150 Å². The number of anilines is 5. The summed E-state index contributed by atoms with van der Waals surface area (Å²) in [7, 11) is 0. The predicted molar refractivity (Wildman–Crippen MR) is 100 cm³/mol. The van der Waals surface area contributed by atoms with Crippen LogP contribution in [0.15, 0.2) is 60.7 Å². The van der Waals surface area contributed by atoms with Crippen LogP contribution in [0.5, 0.6) is 0 Å². The Kier molecular flexibility index (Phi) is 4.79. The quantitative estimate of drug-likeness (QED) is 0.446. The molecule has 3 aromatic rings. The van der Waals surface area contributed by atoms with Crippen LogP contribution in [0.4, 0.5) is 40.1 Å². The van der Waals surface area contributed by atoms with E-state index in [9.17, 15) is 20.2 Å². The van der Waals surface area contributed by atoms with Crippen molar-refractivity contribution in [2.45, 2.75) is 0 Å². The van der Waals surface area contributed by atoms with Gasteiger partial charge in [-0.05, 0) is 24.3 Å². The molecule has 0 spiro atoms. The van der Waals surface area contributed by atoms with E-state index in [-0.39, 0.29) is 11.6 Å². The van der Waals surface area contributed by atoms with Crippen molar-refractivity contribution in [3.8, 4) is 0 Å². The highest BCUT2D eigenvalue weighted by Gasteiger charge is 2.36. The van der Waals surface area contributed by atoms with E-state index < -0.39 is 26.9 Å². The summed E-state index contributed by atoms with van der Waals surface area (Å²) < 4.78 is 0. The summed E-state index contributed by atoms with van der Waals surface area (Å²) in [4.78, 5) is 24.2. The summed E-state index contributed by atoms with van der Waals surface area (Å²) in [6.45, 7) is 0. The lowest BCUT2D eigenvalue weighted by Crippen LogP contribution is -2.21. The fourth-order valence-corrected chi connectivity index (χ4v) is 2.52. The van der Waals surface area contributed by atoms with Crippen LogP contribution in [-0.4, -0.2) is 9.85 Å². The Hall–Kier alpha value is -4.21. The van der Waals surface area contributed by atoms with Gasteiger partial charge < -0.3 is 5.73 Å². The third-order valence-corrected chi connectivity index (χ3v) is 3.69. The number of rotatable bonds is 6. The molecule has 0 atom stereocenters. The predicted octanol–water partition coefficient (Wildman–Crippen LogP) is 3.39. The second kappa shape index (κ2) is 7.35. The first kappa shape index (κ1) is 17.6. The van der Waals surface area contributed by atoms with Crippen LogP contribution in [0.3, 0.4) is 0 Å². The van der Waals surface area contributed by atoms with Crippen LogP contribution in [0.1, 0.15) is 0 Å². The fourth-order valence-electron chi connectivity index (χ4n) is 2.52. The minimum absolute atomic E-state index is 0.0762. The molecule has 0 fully saturated rings. The molecular weight excluding hydrogens is 352 g/mol. The molecular formula is C17H15N6O4+. The number of nitrogens with one attached hydrogen (secondary N) is 3. The van der Waals surface area contributed by atoms with E-state index in [1.54, 1.807) is 60.7 Å². The highest BCUT2D eigenvalue weighted by atomic mass is 16.6. The minimum Gasteiger partial charge on any atom is -0.387 e. The number of pyridine rings is 1. The van der Waals surface area contributed by atoms with Crippen LogP contribution in [0.25, 0.3) is 0 Å². The normalized spacial score (nSPS) is 10.2. The fraction of sp³-hybridized carbons (Fsp3) is 0. The van der Waals surface area contributed by atoms with Gasteiger partial charge in [0.25, 0.3) is 0 Å². The van der Waals surface area contributed by atoms with E-state index in [4.69, 9.17) is 5.73 Å². The van der Waals surface area contributed by atoms with Crippen molar-refractivity contribution in [1.29, 1.82) is 0 Å². The van der Waals surface area contributed by atoms with Gasteiger partial charge in [0.05, 0.1) is 21.2 Å². The monoisotopic (exact) mass is 367 g/mol. The van der Waals surface area contributed by atoms with Gasteiger partial charge in [-0.1, -0.05) is 36.4 Å². The number of aromatic nitrogens is 1. The van der Waals surface area contributed by atoms with Crippen molar-refractivity contribution in [1.82, 2.24) is 0 Å². The number of nitro groups is 2. The highest BCUT2D eigenvalue weighted by molar-refractivity contribution is 5.85. The maximum absolute atomic E-state index is 11.5. The maximum atomic E-state index is 11.5. The molecule has 5 N–H and O–H groups in total. The molecule has 27 heavy (non-hydrogen) atoms. The Balaban J connectivity index is 2.16. The lowest BCUT2D eigenvalue weighted by Gasteiger charge is -2.08. The van der Waals surface area contributed by atoms with Crippen molar-refractivity contribution in [2.24, 2.45) is 0 Å². The summed E-state index contributed by atoms with van der Waals surface area (Å²) in [5.41, 5.74) is 5.14. The van der Waals surface area contributed by atoms with Crippen molar-refractivity contribution < 1.29 is 14.8 Å². The van der Waals surface area contributed by atoms with E-state index in [1.165, 1.54) is 0 Å². The van der Waals surface area contributed by atoms with E-state index in [0.717, 1.165) is 0 Å². The van der Waals surface area contributed by atoms with Crippen molar-refractivity contribution >= 4 is 40.1 Å². The molecule has 3 rings (SSSR count). The summed E-state index contributed by atoms with van der Waals surface area (Å²) in [5, 5.41) is 28.7. The number of hydrogen-bond acceptors (Lipinski definition) is 7. The lowest BCUT2D eigenvalue weighted by atomic mass is 10.2. The third kappa shape index (κ3) is 3.74. The molecule has 0 aliphatic rings. The number of hydrogen-bond donors (Lipinski definition) is 3. The van der Waals surface area contributed by atoms with Gasteiger partial charge in [-0.15, -0.1) is 0 Å². The molecule has 1 heterocycles. The van der Waals surface area contributed by atoms with Crippen LogP contribution < -0.4 is 21.4 Å². The van der Waals surface area contributed by atoms with Crippen LogP contribution in [0, 0.1) is 20.2 Å². The molecule has 0 unspecified atom stereocenters. The molecule has 0 saturated carbocycles. The Morgan fingerprint density at radius 3 is 1.44 bits per heavy atom. The van der Waals surface area contributed by atoms with Crippen LogP contribution in [0.2, 0.25) is 0 Å². The largest absolute Gasteiger partial charge is 0.387 e. The summed E-state index contributed by atoms with van der Waals surface area (Å²) >= 11 is 0. The zero-order chi connectivity index (χ0) is 19.4. The van der Waals surface area contributed by atoms with Gasteiger partial charge in [-0.25, -0.2) is 4.98 Å². The van der Waals surface area contributed by atoms with Crippen LogP contribution in [-0.2, 0) is 0 Å². The molecule has 10 heteroatoms. The van der Waals surface area contributed by atoms with Gasteiger partial charge in [0.1, 0.15) is 0 Å². The first-order chi connectivity index (χ1) is 13.0. The summed E-state index contributed by atoms with van der Waals surface area (Å²) in [6, 6.07) is 17.3. The first-order valence-electron chi connectivity index (χ1n) is 7.79. The molecule has 0 aliphatic heterocycles. The number of benzene rings is 2. The molecule has 1 aromatic heterocycles. The second-order valence-electron chi connectivity index (χ2n) is 5.48. The van der Waals surface area contributed by atoms with Gasteiger partial charge in [0.2, 0.25) is 5.69 Å². The standard InChI is InChI=1S/C17H14N6O4/c18-13-14(22(24)25)16(19-11-7-3-1-4-8-11)21-17(15(13)23(26)27)20-12-9-5-2-6-10-12/h1-10H,(H4,18,19,20,21)/p+1. The smallest absolute Gasteiger partial charge is 0.371 e. The van der Waals surface area contributed by atoms with Crippen LogP contribution >= 0.6 is 0 Å². The van der Waals surface area contributed by atoms with Gasteiger partial charge in [0, 0.05) is 0 Å². The number of aromatic amines is 1. The minimum atomic E-state index is -0.767. The van der Waals surface area contributed by atoms with E-state index in [0.29, 0.717) is 11.4 Å². The highest BCUT2D eigenvalue weighted by Crippen LogP contribution is 2.40. The third-order valence-electron chi connectivity index (χ3n) is 3.69. The molecule has 0 amide bonds. The Bertz CT molecular complexity index is 918. The maximum Gasteiger partial charge on any atom is 0.371 e. The van der Waals surface area contributed by atoms with Crippen molar-refractivity contribution in [3.63, 3.8) is 0 Å². The lowest BCUT2D eigenvalue weighted by molar-refractivity contribution is -0.421. The average Bonchev–Trinajstić information content (AvgIpc) is 2.62. The second-order valence-corrected chi connectivity index (χ2v) is 5.48. The number of nitrogens with two attached hydrogens (primary N) is 1. The van der Waals surface area contributed by atoms with Crippen molar-refractivity contribution in [2.75, 3.05) is 16.4 Å². The van der Waals surface area contributed by atoms with Gasteiger partial charge >= 0.3 is 23.0 Å². The van der Waals surface area contributed by atoms with E-state index >= 15 is 0 Å². The summed E-state index contributed by atoms with van der Waals surface area (Å²) in [6.07, 6.45) is 0. The molecule has 0 aliphatic carbocycles. The van der Waals surface area contributed by atoms with Gasteiger partial charge in [-0.2, -0.15) is 0 Å². The first-order valence-corrected chi connectivity index (χ1v) is 7.79. The Morgan fingerprint density at radius 1 is 0.741 bits per heavy atom. The SMILES string of the molecule is Nc1c([N+](=O)[O-])c(Nc2ccccc2)[nH+]c(Nc2ccccc2)c1[N+](=O)[O-]. The zero-order valence-electron chi connectivity index (χ0n) is 13.9. The Morgan fingerprint density at radius 2 is 1.11 bits per heavy atom. The molecule has 0 saturated heterocycles. The molecule has 136 valence electrons. The van der Waals surface area contributed by atoms with Gasteiger partial charge in [-0.3, -0.25) is 30.9 Å². The summed E-state index contributed by atoms with van der Waals surface area (Å²) in [5.74, 6) is -0.152. The van der Waals surface area contributed by atoms with Gasteiger partial charge in [0.15, 0.2) is 0 Å².